The molecule has 0 saturated heterocycles. The minimum atomic E-state index is -0.567. The van der Waals surface area contributed by atoms with E-state index < -0.39 is 11.8 Å². The third-order valence-electron chi connectivity index (χ3n) is 1.58. The quantitative estimate of drug-likeness (QED) is 0.587. The minimum Gasteiger partial charge on any atom is -0.388 e. The molecule has 4 heteroatoms. The Hall–Kier alpha value is -1.19. The highest BCUT2D eigenvalue weighted by Crippen LogP contribution is 2.07. The number of rotatable bonds is 3. The van der Waals surface area contributed by atoms with E-state index in [0.29, 0.717) is 11.1 Å². The van der Waals surface area contributed by atoms with Gasteiger partial charge in [-0.05, 0) is 23.7 Å². The number of aliphatic hydroxyl groups excluding tert-OH is 1. The Morgan fingerprint density at radius 2 is 1.62 bits per heavy atom. The largest absolute Gasteiger partial charge is 0.388 e. The smallest absolute Gasteiger partial charge is 0.252 e. The van der Waals surface area contributed by atoms with Crippen LogP contribution in [-0.2, 0) is 0 Å². The zero-order valence-corrected chi connectivity index (χ0v) is 7.41. The molecule has 1 N–H and O–H groups in total. The lowest BCUT2D eigenvalue weighted by atomic mass is 10.1. The lowest BCUT2D eigenvalue weighted by Crippen LogP contribution is -2.04. The number of Topliss-reactive ketones (excluding diaryl/α,β-unsaturated/α-hetero) is 1. The molecule has 0 fully saturated rings. The Balaban J connectivity index is 2.93. The molecule has 1 rings (SSSR count). The summed E-state index contributed by atoms with van der Waals surface area (Å²) < 4.78 is 0. The van der Waals surface area contributed by atoms with Gasteiger partial charge in [-0.3, -0.25) is 9.59 Å². The van der Waals surface area contributed by atoms with Gasteiger partial charge >= 0.3 is 0 Å². The van der Waals surface area contributed by atoms with Crippen molar-refractivity contribution < 1.29 is 14.7 Å². The van der Waals surface area contributed by atoms with Crippen LogP contribution in [-0.4, -0.2) is 22.7 Å². The standard InChI is InChI=1S/C9H7ClO3/c10-9(13)7-3-1-6(2-4-7)8(12)5-11/h1-4,11H,5H2. The first-order valence-corrected chi connectivity index (χ1v) is 3.97. The number of halogens is 1. The van der Waals surface area contributed by atoms with Gasteiger partial charge in [-0.2, -0.15) is 0 Å². The summed E-state index contributed by atoms with van der Waals surface area (Å²) >= 11 is 5.20. The van der Waals surface area contributed by atoms with Crippen LogP contribution in [0.15, 0.2) is 24.3 Å². The highest BCUT2D eigenvalue weighted by atomic mass is 35.5. The Bertz CT molecular complexity index is 329. The first-order valence-electron chi connectivity index (χ1n) is 3.59. The molecule has 3 nitrogen and oxygen atoms in total. The van der Waals surface area contributed by atoms with Crippen molar-refractivity contribution in [1.82, 2.24) is 0 Å². The molecule has 68 valence electrons. The molecule has 0 amide bonds. The van der Waals surface area contributed by atoms with E-state index in [2.05, 4.69) is 0 Å². The molecule has 0 atom stereocenters. The van der Waals surface area contributed by atoms with Gasteiger partial charge in [-0.15, -0.1) is 0 Å². The SMILES string of the molecule is O=C(Cl)c1ccc(C(=O)CO)cc1. The summed E-state index contributed by atoms with van der Waals surface area (Å²) in [5.41, 5.74) is 0.695. The van der Waals surface area contributed by atoms with Crippen LogP contribution in [0.25, 0.3) is 0 Å². The van der Waals surface area contributed by atoms with Gasteiger partial charge in [0.15, 0.2) is 5.78 Å². The number of carbonyl (C=O) groups is 2. The third kappa shape index (κ3) is 2.37. The highest BCUT2D eigenvalue weighted by Gasteiger charge is 2.05. The fraction of sp³-hybridized carbons (Fsp3) is 0.111. The zero-order chi connectivity index (χ0) is 9.84. The summed E-state index contributed by atoms with van der Waals surface area (Å²) in [5.74, 6) is -0.381. The molecule has 0 spiro atoms. The number of hydrogen-bond donors (Lipinski definition) is 1. The monoisotopic (exact) mass is 198 g/mol. The Labute approximate surface area is 79.9 Å². The lowest BCUT2D eigenvalue weighted by Gasteiger charge is -1.97. The van der Waals surface area contributed by atoms with E-state index in [9.17, 15) is 9.59 Å². The van der Waals surface area contributed by atoms with Crippen LogP contribution in [0.1, 0.15) is 20.7 Å². The predicted octanol–water partition coefficient (Wildman–Crippen LogP) is 1.24. The molecule has 0 aliphatic carbocycles. The molecule has 0 aliphatic rings. The summed E-state index contributed by atoms with van der Waals surface area (Å²) in [7, 11) is 0. The maximum absolute atomic E-state index is 10.9. The van der Waals surface area contributed by atoms with E-state index in [0.717, 1.165) is 0 Å². The van der Waals surface area contributed by atoms with E-state index in [1.165, 1.54) is 24.3 Å². The van der Waals surface area contributed by atoms with Crippen LogP contribution in [0.5, 0.6) is 0 Å². The van der Waals surface area contributed by atoms with Crippen LogP contribution >= 0.6 is 11.6 Å². The van der Waals surface area contributed by atoms with Gasteiger partial charge in [0.25, 0.3) is 5.24 Å². The first-order chi connectivity index (χ1) is 6.15. The number of benzene rings is 1. The van der Waals surface area contributed by atoms with Gasteiger partial charge in [-0.25, -0.2) is 0 Å². The molecule has 1 aromatic carbocycles. The van der Waals surface area contributed by atoms with Gasteiger partial charge in [0.05, 0.1) is 0 Å². The topological polar surface area (TPSA) is 54.4 Å². The Kier molecular flexibility index (Phi) is 3.17. The van der Waals surface area contributed by atoms with Gasteiger partial charge in [-0.1, -0.05) is 12.1 Å². The van der Waals surface area contributed by atoms with Crippen molar-refractivity contribution in [2.45, 2.75) is 0 Å². The van der Waals surface area contributed by atoms with Crippen molar-refractivity contribution in [2.75, 3.05) is 6.61 Å². The van der Waals surface area contributed by atoms with Crippen LogP contribution in [0, 0.1) is 0 Å². The third-order valence-corrected chi connectivity index (χ3v) is 1.80. The molecule has 0 bridgehead atoms. The molecule has 0 unspecified atom stereocenters. The molecular weight excluding hydrogens is 192 g/mol. The van der Waals surface area contributed by atoms with Gasteiger partial charge in [0.2, 0.25) is 0 Å². The first kappa shape index (κ1) is 9.89. The number of ketones is 1. The lowest BCUT2D eigenvalue weighted by molar-refractivity contribution is 0.0903. The molecule has 0 heterocycles. The summed E-state index contributed by atoms with van der Waals surface area (Å²) in [6.07, 6.45) is 0. The van der Waals surface area contributed by atoms with Crippen LogP contribution in [0.4, 0.5) is 0 Å². The second-order valence-electron chi connectivity index (χ2n) is 2.43. The number of aliphatic hydroxyl groups is 1. The Morgan fingerprint density at radius 1 is 1.15 bits per heavy atom. The molecule has 1 aromatic rings. The average Bonchev–Trinajstić information content (AvgIpc) is 2.17. The van der Waals surface area contributed by atoms with E-state index in [4.69, 9.17) is 16.7 Å². The second-order valence-corrected chi connectivity index (χ2v) is 2.78. The summed E-state index contributed by atoms with van der Waals surface area (Å²) in [4.78, 5) is 21.6. The van der Waals surface area contributed by atoms with Gasteiger partial charge < -0.3 is 5.11 Å². The van der Waals surface area contributed by atoms with Crippen molar-refractivity contribution in [2.24, 2.45) is 0 Å². The van der Waals surface area contributed by atoms with E-state index in [1.54, 1.807) is 0 Å². The van der Waals surface area contributed by atoms with Crippen molar-refractivity contribution in [3.05, 3.63) is 35.4 Å². The van der Waals surface area contributed by atoms with Crippen LogP contribution in [0.3, 0.4) is 0 Å². The number of carbonyl (C=O) groups excluding carboxylic acids is 2. The maximum atomic E-state index is 10.9. The summed E-state index contributed by atoms with van der Waals surface area (Å²) in [5, 5.41) is 7.96. The molecule has 0 aromatic heterocycles. The van der Waals surface area contributed by atoms with Crippen molar-refractivity contribution >= 4 is 22.6 Å². The van der Waals surface area contributed by atoms with Crippen LogP contribution < -0.4 is 0 Å². The van der Waals surface area contributed by atoms with Crippen molar-refractivity contribution in [1.29, 1.82) is 0 Å². The maximum Gasteiger partial charge on any atom is 0.252 e. The van der Waals surface area contributed by atoms with Crippen molar-refractivity contribution in [3.63, 3.8) is 0 Å². The predicted molar refractivity (Wildman–Crippen MR) is 48.0 cm³/mol. The fourth-order valence-corrected chi connectivity index (χ4v) is 1.00. The van der Waals surface area contributed by atoms with Gasteiger partial charge in [0.1, 0.15) is 6.61 Å². The molecule has 0 aliphatic heterocycles. The zero-order valence-electron chi connectivity index (χ0n) is 6.66. The summed E-state index contributed by atoms with van der Waals surface area (Å²) in [6.45, 7) is -0.534. The molecule has 0 radical (unpaired) electrons. The molecule has 13 heavy (non-hydrogen) atoms. The highest BCUT2D eigenvalue weighted by molar-refractivity contribution is 6.67. The van der Waals surface area contributed by atoms with Crippen molar-refractivity contribution in [3.8, 4) is 0 Å². The summed E-state index contributed by atoms with van der Waals surface area (Å²) in [6, 6.07) is 5.79. The molecular formula is C9H7ClO3. The van der Waals surface area contributed by atoms with E-state index >= 15 is 0 Å². The van der Waals surface area contributed by atoms with E-state index in [-0.39, 0.29) is 5.78 Å². The second kappa shape index (κ2) is 4.16. The Morgan fingerprint density at radius 3 is 2.00 bits per heavy atom. The van der Waals surface area contributed by atoms with Crippen LogP contribution in [0.2, 0.25) is 0 Å². The number of hydrogen-bond acceptors (Lipinski definition) is 3. The minimum absolute atomic E-state index is 0.330. The van der Waals surface area contributed by atoms with E-state index in [1.807, 2.05) is 0 Å². The average molecular weight is 199 g/mol. The van der Waals surface area contributed by atoms with Gasteiger partial charge in [0, 0.05) is 11.1 Å². The normalized spacial score (nSPS) is 9.69. The molecule has 0 saturated carbocycles. The fourth-order valence-electron chi connectivity index (χ4n) is 0.878.